The monoisotopic (exact) mass is 313 g/mol. The molecule has 2 N–H and O–H groups in total. The fraction of sp³-hybridized carbons (Fsp3) is 0.600. The molecule has 0 spiro atoms. The number of sulfonamides is 1. The van der Waals surface area contributed by atoms with Gasteiger partial charge in [0.25, 0.3) is 0 Å². The molecular weight excluding hydrogens is 286 g/mol. The Hall–Kier alpha value is -1.11. The molecule has 0 saturated heterocycles. The van der Waals surface area contributed by atoms with Gasteiger partial charge in [-0.05, 0) is 51.2 Å². The maximum atomic E-state index is 12.4. The van der Waals surface area contributed by atoms with E-state index >= 15 is 0 Å². The molecule has 1 rings (SSSR count). The Balaban J connectivity index is 2.88. The molecule has 0 amide bonds. The molecule has 0 saturated carbocycles. The lowest BCUT2D eigenvalue weighted by Gasteiger charge is -2.25. The van der Waals surface area contributed by atoms with Crippen LogP contribution in [0.25, 0.3) is 0 Å². The highest BCUT2D eigenvalue weighted by atomic mass is 32.2. The van der Waals surface area contributed by atoms with Crippen LogP contribution in [0.15, 0.2) is 29.2 Å². The second-order valence-electron chi connectivity index (χ2n) is 5.79. The van der Waals surface area contributed by atoms with E-state index in [4.69, 9.17) is 0 Å². The lowest BCUT2D eigenvalue weighted by Crippen LogP contribution is -2.44. The van der Waals surface area contributed by atoms with E-state index in [1.54, 1.807) is 24.3 Å². The molecule has 0 aromatic heterocycles. The van der Waals surface area contributed by atoms with E-state index in [0.717, 1.165) is 12.2 Å². The lowest BCUT2D eigenvalue weighted by molar-refractivity contribution is 0.314. The number of anilines is 1. The Morgan fingerprint density at radius 1 is 1.14 bits per heavy atom. The summed E-state index contributed by atoms with van der Waals surface area (Å²) in [5.74, 6) is 0.225. The second kappa shape index (κ2) is 7.77. The van der Waals surface area contributed by atoms with Crippen molar-refractivity contribution in [2.45, 2.75) is 31.7 Å². The van der Waals surface area contributed by atoms with Gasteiger partial charge < -0.3 is 10.2 Å². The van der Waals surface area contributed by atoms with E-state index in [9.17, 15) is 8.42 Å². The minimum atomic E-state index is -3.49. The van der Waals surface area contributed by atoms with Gasteiger partial charge in [-0.2, -0.15) is 0 Å². The second-order valence-corrected chi connectivity index (χ2v) is 7.50. The van der Waals surface area contributed by atoms with Crippen molar-refractivity contribution in [2.75, 3.05) is 32.5 Å². The number of hydrogen-bond acceptors (Lipinski definition) is 4. The molecular formula is C15H27N3O2S. The SMILES string of the molecule is CCNc1ccc(S(=O)(=O)NC(CN(C)C)C(C)C)cc1. The average molecular weight is 313 g/mol. The van der Waals surface area contributed by atoms with Gasteiger partial charge in [-0.3, -0.25) is 0 Å². The summed E-state index contributed by atoms with van der Waals surface area (Å²) >= 11 is 0. The van der Waals surface area contributed by atoms with Crippen LogP contribution in [0.5, 0.6) is 0 Å². The Labute approximate surface area is 128 Å². The molecule has 1 aromatic carbocycles. The number of nitrogens with zero attached hydrogens (tertiary/aromatic N) is 1. The van der Waals surface area contributed by atoms with Crippen LogP contribution in [-0.4, -0.2) is 46.5 Å². The molecule has 1 atom stereocenters. The van der Waals surface area contributed by atoms with E-state index in [1.165, 1.54) is 0 Å². The fourth-order valence-corrected chi connectivity index (χ4v) is 3.38. The van der Waals surface area contributed by atoms with E-state index < -0.39 is 10.0 Å². The van der Waals surface area contributed by atoms with Crippen LogP contribution < -0.4 is 10.0 Å². The van der Waals surface area contributed by atoms with E-state index in [2.05, 4.69) is 10.0 Å². The first-order valence-electron chi connectivity index (χ1n) is 7.27. The molecule has 0 aliphatic carbocycles. The molecule has 0 aliphatic heterocycles. The van der Waals surface area contributed by atoms with Gasteiger partial charge in [-0.15, -0.1) is 0 Å². The summed E-state index contributed by atoms with van der Waals surface area (Å²) in [6.45, 7) is 7.52. The molecule has 1 unspecified atom stereocenters. The van der Waals surface area contributed by atoms with Gasteiger partial charge in [0.05, 0.1) is 4.90 Å². The molecule has 6 heteroatoms. The molecule has 120 valence electrons. The predicted octanol–water partition coefficient (Wildman–Crippen LogP) is 1.98. The standard InChI is InChI=1S/C15H27N3O2S/c1-6-16-13-7-9-14(10-8-13)21(19,20)17-15(12(2)3)11-18(4)5/h7-10,12,15-17H,6,11H2,1-5H3. The van der Waals surface area contributed by atoms with E-state index in [-0.39, 0.29) is 12.0 Å². The van der Waals surface area contributed by atoms with Crippen molar-refractivity contribution in [3.05, 3.63) is 24.3 Å². The predicted molar refractivity (Wildman–Crippen MR) is 88.1 cm³/mol. The zero-order chi connectivity index (χ0) is 16.0. The van der Waals surface area contributed by atoms with Gasteiger partial charge in [0.1, 0.15) is 0 Å². The topological polar surface area (TPSA) is 61.4 Å². The average Bonchev–Trinajstić information content (AvgIpc) is 2.38. The van der Waals surface area contributed by atoms with Gasteiger partial charge in [0.15, 0.2) is 0 Å². The molecule has 0 bridgehead atoms. The van der Waals surface area contributed by atoms with Crippen molar-refractivity contribution in [2.24, 2.45) is 5.92 Å². The number of nitrogens with one attached hydrogen (secondary N) is 2. The van der Waals surface area contributed by atoms with Crippen LogP contribution in [0.2, 0.25) is 0 Å². The zero-order valence-electron chi connectivity index (χ0n) is 13.6. The number of benzene rings is 1. The Morgan fingerprint density at radius 2 is 1.71 bits per heavy atom. The normalized spacial score (nSPS) is 13.7. The van der Waals surface area contributed by atoms with Gasteiger partial charge >= 0.3 is 0 Å². The Kier molecular flexibility index (Phi) is 6.64. The smallest absolute Gasteiger partial charge is 0.240 e. The summed E-state index contributed by atoms with van der Waals surface area (Å²) in [7, 11) is 0.392. The highest BCUT2D eigenvalue weighted by molar-refractivity contribution is 7.89. The summed E-state index contributed by atoms with van der Waals surface area (Å²) in [6, 6.07) is 6.72. The third-order valence-electron chi connectivity index (χ3n) is 3.22. The maximum absolute atomic E-state index is 12.4. The molecule has 5 nitrogen and oxygen atoms in total. The molecule has 0 radical (unpaired) electrons. The van der Waals surface area contributed by atoms with Gasteiger partial charge in [0.2, 0.25) is 10.0 Å². The van der Waals surface area contributed by atoms with E-state index in [0.29, 0.717) is 11.4 Å². The van der Waals surface area contributed by atoms with Crippen LogP contribution in [0.1, 0.15) is 20.8 Å². The Morgan fingerprint density at radius 3 is 2.14 bits per heavy atom. The largest absolute Gasteiger partial charge is 0.385 e. The molecule has 0 fully saturated rings. The minimum Gasteiger partial charge on any atom is -0.385 e. The van der Waals surface area contributed by atoms with Crippen LogP contribution in [0.3, 0.4) is 0 Å². The third-order valence-corrected chi connectivity index (χ3v) is 4.72. The summed E-state index contributed by atoms with van der Waals surface area (Å²) in [4.78, 5) is 2.29. The van der Waals surface area contributed by atoms with Crippen molar-refractivity contribution >= 4 is 15.7 Å². The van der Waals surface area contributed by atoms with Crippen LogP contribution in [0, 0.1) is 5.92 Å². The number of likely N-dealkylation sites (N-methyl/N-ethyl adjacent to an activating group) is 1. The lowest BCUT2D eigenvalue weighted by atomic mass is 10.1. The van der Waals surface area contributed by atoms with Crippen molar-refractivity contribution in [3.63, 3.8) is 0 Å². The van der Waals surface area contributed by atoms with Crippen LogP contribution in [0.4, 0.5) is 5.69 Å². The number of hydrogen-bond donors (Lipinski definition) is 2. The van der Waals surface area contributed by atoms with Crippen molar-refractivity contribution in [1.29, 1.82) is 0 Å². The highest BCUT2D eigenvalue weighted by Gasteiger charge is 2.22. The number of rotatable bonds is 8. The minimum absolute atomic E-state index is 0.113. The van der Waals surface area contributed by atoms with Gasteiger partial charge in [0, 0.05) is 24.8 Å². The van der Waals surface area contributed by atoms with Crippen LogP contribution >= 0.6 is 0 Å². The van der Waals surface area contributed by atoms with Crippen molar-refractivity contribution < 1.29 is 8.42 Å². The maximum Gasteiger partial charge on any atom is 0.240 e. The van der Waals surface area contributed by atoms with Crippen molar-refractivity contribution in [1.82, 2.24) is 9.62 Å². The van der Waals surface area contributed by atoms with E-state index in [1.807, 2.05) is 39.8 Å². The third kappa shape index (κ3) is 5.65. The van der Waals surface area contributed by atoms with Crippen molar-refractivity contribution in [3.8, 4) is 0 Å². The fourth-order valence-electron chi connectivity index (χ4n) is 2.00. The van der Waals surface area contributed by atoms with Gasteiger partial charge in [-0.25, -0.2) is 13.1 Å². The highest BCUT2D eigenvalue weighted by Crippen LogP contribution is 2.15. The molecule has 0 heterocycles. The quantitative estimate of drug-likeness (QED) is 0.770. The first kappa shape index (κ1) is 17.9. The summed E-state index contributed by atoms with van der Waals surface area (Å²) in [5, 5.41) is 3.15. The summed E-state index contributed by atoms with van der Waals surface area (Å²) in [6.07, 6.45) is 0. The van der Waals surface area contributed by atoms with Gasteiger partial charge in [-0.1, -0.05) is 13.8 Å². The molecule has 21 heavy (non-hydrogen) atoms. The molecule has 1 aromatic rings. The summed E-state index contributed by atoms with van der Waals surface area (Å²) < 4.78 is 27.7. The molecule has 0 aliphatic rings. The van der Waals surface area contributed by atoms with Crippen LogP contribution in [-0.2, 0) is 10.0 Å². The Bertz CT molecular complexity index is 524. The summed E-state index contributed by atoms with van der Waals surface area (Å²) in [5.41, 5.74) is 0.921. The first-order valence-corrected chi connectivity index (χ1v) is 8.75. The zero-order valence-corrected chi connectivity index (χ0v) is 14.4. The first-order chi connectivity index (χ1) is 9.76.